The van der Waals surface area contributed by atoms with E-state index in [0.717, 1.165) is 40.9 Å². The molecule has 1 aromatic heterocycles. The molecule has 0 radical (unpaired) electrons. The number of hydrogen-bond donors (Lipinski definition) is 1. The van der Waals surface area contributed by atoms with E-state index in [1.165, 1.54) is 6.92 Å². The molecule has 0 atom stereocenters. The summed E-state index contributed by atoms with van der Waals surface area (Å²) in [6.07, 6.45) is 1.60. The number of hydrogen-bond acceptors (Lipinski definition) is 4. The van der Waals surface area contributed by atoms with Crippen LogP contribution in [0.4, 0.5) is 5.69 Å². The molecule has 0 fully saturated rings. The third-order valence-electron chi connectivity index (χ3n) is 5.46. The number of amides is 1. The lowest BCUT2D eigenvalue weighted by atomic mass is 10.0. The summed E-state index contributed by atoms with van der Waals surface area (Å²) in [5, 5.41) is 8.27. The molecule has 35 heavy (non-hydrogen) atoms. The largest absolute Gasteiger partial charge is 0.407 e. The van der Waals surface area contributed by atoms with E-state index in [1.807, 2.05) is 55.5 Å². The summed E-state index contributed by atoms with van der Waals surface area (Å²) in [5.41, 5.74) is 5.53. The highest BCUT2D eigenvalue weighted by molar-refractivity contribution is 6.30. The summed E-state index contributed by atoms with van der Waals surface area (Å²) >= 11 is 5.91. The van der Waals surface area contributed by atoms with Crippen LogP contribution >= 0.6 is 11.6 Å². The molecule has 0 aliphatic heterocycles. The molecule has 178 valence electrons. The molecule has 7 heteroatoms. The van der Waals surface area contributed by atoms with Crippen molar-refractivity contribution in [2.75, 3.05) is 5.32 Å². The van der Waals surface area contributed by atoms with E-state index in [1.54, 1.807) is 28.9 Å². The average molecular weight is 488 g/mol. The molecule has 6 nitrogen and oxygen atoms in total. The van der Waals surface area contributed by atoms with E-state index in [4.69, 9.17) is 21.4 Å². The smallest absolute Gasteiger partial charge is 0.309 e. The third kappa shape index (κ3) is 5.61. The van der Waals surface area contributed by atoms with Crippen molar-refractivity contribution in [3.63, 3.8) is 0 Å². The van der Waals surface area contributed by atoms with Crippen LogP contribution in [0.15, 0.2) is 72.8 Å². The monoisotopic (exact) mass is 487 g/mol. The van der Waals surface area contributed by atoms with Gasteiger partial charge in [-0.3, -0.25) is 9.59 Å². The molecule has 1 heterocycles. The third-order valence-corrected chi connectivity index (χ3v) is 5.71. The van der Waals surface area contributed by atoms with Gasteiger partial charge in [0.25, 0.3) is 5.91 Å². The number of carbonyl (C=O) groups is 2. The van der Waals surface area contributed by atoms with Crippen molar-refractivity contribution >= 4 is 29.2 Å². The maximum absolute atomic E-state index is 12.6. The Balaban J connectivity index is 1.70. The zero-order valence-corrected chi connectivity index (χ0v) is 20.6. The summed E-state index contributed by atoms with van der Waals surface area (Å²) in [7, 11) is 0. The van der Waals surface area contributed by atoms with Crippen LogP contribution in [-0.4, -0.2) is 21.7 Å². The number of rotatable bonds is 7. The molecule has 0 spiro atoms. The molecule has 1 amide bonds. The number of nitrogens with zero attached hydrogens (tertiary/aromatic N) is 2. The summed E-state index contributed by atoms with van der Waals surface area (Å²) < 4.78 is 7.36. The number of halogens is 1. The summed E-state index contributed by atoms with van der Waals surface area (Å²) in [6.45, 7) is 5.47. The van der Waals surface area contributed by atoms with E-state index in [9.17, 15) is 9.59 Å². The van der Waals surface area contributed by atoms with Gasteiger partial charge >= 0.3 is 5.97 Å². The van der Waals surface area contributed by atoms with Gasteiger partial charge < -0.3 is 10.1 Å². The first kappa shape index (κ1) is 24.2. The predicted molar refractivity (Wildman–Crippen MR) is 138 cm³/mol. The van der Waals surface area contributed by atoms with E-state index in [0.29, 0.717) is 22.2 Å². The number of nitrogens with one attached hydrogen (secondary N) is 1. The number of carbonyl (C=O) groups excluding carboxylic acids is 2. The standard InChI is InChI=1S/C28H26ClN3O3/c1-4-5-25-26(28(35-19(3)33)32(31-25)24-16-6-18(2)7-17-24)20-10-14-23(15-11-20)30-27(34)21-8-12-22(29)13-9-21/h6-17H,4-5H2,1-3H3,(H,30,34). The Hall–Kier alpha value is -3.90. The number of ether oxygens (including phenoxy) is 1. The molecule has 0 aliphatic carbocycles. The Labute approximate surface area is 209 Å². The van der Waals surface area contributed by atoms with Crippen molar-refractivity contribution in [1.29, 1.82) is 0 Å². The van der Waals surface area contributed by atoms with E-state index < -0.39 is 5.97 Å². The Kier molecular flexibility index (Phi) is 7.32. The molecule has 3 aromatic carbocycles. The van der Waals surface area contributed by atoms with Crippen molar-refractivity contribution in [2.24, 2.45) is 0 Å². The number of esters is 1. The summed E-state index contributed by atoms with van der Waals surface area (Å²) in [5.74, 6) is -0.272. The second-order valence-electron chi connectivity index (χ2n) is 8.26. The molecule has 0 bridgehead atoms. The zero-order valence-electron chi connectivity index (χ0n) is 19.8. The molecule has 1 N–H and O–H groups in total. The SMILES string of the molecule is CCCc1nn(-c2ccc(C)cc2)c(OC(C)=O)c1-c1ccc(NC(=O)c2ccc(Cl)cc2)cc1. The lowest BCUT2D eigenvalue weighted by Crippen LogP contribution is -2.11. The highest BCUT2D eigenvalue weighted by atomic mass is 35.5. The van der Waals surface area contributed by atoms with Gasteiger partial charge in [-0.25, -0.2) is 0 Å². The molecule has 0 saturated heterocycles. The van der Waals surface area contributed by atoms with Gasteiger partial charge in [0.15, 0.2) is 0 Å². The van der Waals surface area contributed by atoms with Crippen LogP contribution in [0.1, 0.15) is 41.9 Å². The topological polar surface area (TPSA) is 73.2 Å². The van der Waals surface area contributed by atoms with Gasteiger partial charge in [-0.05, 0) is 67.4 Å². The van der Waals surface area contributed by atoms with Gasteiger partial charge in [-0.1, -0.05) is 54.8 Å². The van der Waals surface area contributed by atoms with Gasteiger partial charge in [-0.2, -0.15) is 9.78 Å². The minimum atomic E-state index is -0.422. The Morgan fingerprint density at radius 3 is 2.23 bits per heavy atom. The maximum atomic E-state index is 12.6. The van der Waals surface area contributed by atoms with Crippen molar-refractivity contribution in [1.82, 2.24) is 9.78 Å². The van der Waals surface area contributed by atoms with Crippen molar-refractivity contribution in [3.05, 3.63) is 94.6 Å². The minimum Gasteiger partial charge on any atom is -0.407 e. The Bertz CT molecular complexity index is 1340. The minimum absolute atomic E-state index is 0.228. The fourth-order valence-electron chi connectivity index (χ4n) is 3.76. The van der Waals surface area contributed by atoms with Crippen LogP contribution in [0.3, 0.4) is 0 Å². The van der Waals surface area contributed by atoms with Gasteiger partial charge in [0.05, 0.1) is 16.9 Å². The summed E-state index contributed by atoms with van der Waals surface area (Å²) in [6, 6.07) is 22.0. The van der Waals surface area contributed by atoms with Crippen molar-refractivity contribution in [3.8, 4) is 22.7 Å². The highest BCUT2D eigenvalue weighted by Crippen LogP contribution is 2.37. The molecule has 4 rings (SSSR count). The van der Waals surface area contributed by atoms with Gasteiger partial charge in [0.2, 0.25) is 5.88 Å². The van der Waals surface area contributed by atoms with E-state index >= 15 is 0 Å². The lowest BCUT2D eigenvalue weighted by molar-refractivity contribution is -0.132. The molecular formula is C28H26ClN3O3. The van der Waals surface area contributed by atoms with Crippen molar-refractivity contribution in [2.45, 2.75) is 33.6 Å². The number of benzene rings is 3. The number of aryl methyl sites for hydroxylation is 2. The van der Waals surface area contributed by atoms with Crippen LogP contribution in [0, 0.1) is 6.92 Å². The van der Waals surface area contributed by atoms with E-state index in [-0.39, 0.29) is 5.91 Å². The van der Waals surface area contributed by atoms with Crippen LogP contribution in [0.25, 0.3) is 16.8 Å². The zero-order chi connectivity index (χ0) is 24.9. The van der Waals surface area contributed by atoms with Crippen LogP contribution in [0.5, 0.6) is 5.88 Å². The second-order valence-corrected chi connectivity index (χ2v) is 8.69. The first-order valence-electron chi connectivity index (χ1n) is 11.4. The molecule has 0 saturated carbocycles. The molecule has 0 aliphatic rings. The predicted octanol–water partition coefficient (Wildman–Crippen LogP) is 6.63. The normalized spacial score (nSPS) is 10.7. The first-order valence-corrected chi connectivity index (χ1v) is 11.8. The van der Waals surface area contributed by atoms with Gasteiger partial charge in [0.1, 0.15) is 0 Å². The van der Waals surface area contributed by atoms with Crippen LogP contribution in [-0.2, 0) is 11.2 Å². The van der Waals surface area contributed by atoms with Crippen molar-refractivity contribution < 1.29 is 14.3 Å². The Morgan fingerprint density at radius 2 is 1.63 bits per heavy atom. The fourth-order valence-corrected chi connectivity index (χ4v) is 3.89. The van der Waals surface area contributed by atoms with E-state index in [2.05, 4.69) is 12.2 Å². The second kappa shape index (κ2) is 10.6. The number of anilines is 1. The van der Waals surface area contributed by atoms with Gasteiger partial charge in [-0.15, -0.1) is 0 Å². The summed E-state index contributed by atoms with van der Waals surface area (Å²) in [4.78, 5) is 24.6. The maximum Gasteiger partial charge on any atom is 0.309 e. The molecular weight excluding hydrogens is 462 g/mol. The van der Waals surface area contributed by atoms with Crippen LogP contribution in [0.2, 0.25) is 5.02 Å². The molecule has 4 aromatic rings. The average Bonchev–Trinajstić information content (AvgIpc) is 3.17. The first-order chi connectivity index (χ1) is 16.9. The number of aromatic nitrogens is 2. The van der Waals surface area contributed by atoms with Gasteiger partial charge in [0, 0.05) is 23.2 Å². The quantitative estimate of drug-likeness (QED) is 0.297. The molecule has 0 unspecified atom stereocenters. The highest BCUT2D eigenvalue weighted by Gasteiger charge is 2.23. The Morgan fingerprint density at radius 1 is 0.971 bits per heavy atom. The van der Waals surface area contributed by atoms with Crippen LogP contribution < -0.4 is 10.1 Å². The lowest BCUT2D eigenvalue weighted by Gasteiger charge is -2.11. The fraction of sp³-hybridized carbons (Fsp3) is 0.179.